The van der Waals surface area contributed by atoms with Gasteiger partial charge in [-0.05, 0) is 0 Å². The Labute approximate surface area is 102 Å². The van der Waals surface area contributed by atoms with Crippen molar-refractivity contribution in [1.29, 1.82) is 0 Å². The van der Waals surface area contributed by atoms with Gasteiger partial charge in [-0.25, -0.2) is 4.98 Å². The number of phosphoric ester groups is 1. The minimum atomic E-state index is -4.87. The smallest absolute Gasteiger partial charge is 0.239 e. The van der Waals surface area contributed by atoms with E-state index in [2.05, 4.69) is 20.2 Å². The van der Waals surface area contributed by atoms with Gasteiger partial charge in [0, 0.05) is 0 Å². The number of quaternary nitrogens is 1. The molecule has 0 unspecified atom stereocenters. The predicted molar refractivity (Wildman–Crippen MR) is 55.7 cm³/mol. The Morgan fingerprint density at radius 1 is 1.39 bits per heavy atom. The van der Waals surface area contributed by atoms with E-state index in [-0.39, 0.29) is 34.6 Å². The third kappa shape index (κ3) is 11.6. The Bertz CT molecular complexity index is 315. The van der Waals surface area contributed by atoms with Gasteiger partial charge in [-0.1, -0.05) is 0 Å². The molecule has 0 saturated heterocycles. The summed E-state index contributed by atoms with van der Waals surface area (Å²) < 4.78 is 14.2. The molecule has 12 heteroatoms. The van der Waals surface area contributed by atoms with Crippen LogP contribution < -0.4 is 20.5 Å². The summed E-state index contributed by atoms with van der Waals surface area (Å²) >= 11 is 0. The van der Waals surface area contributed by atoms with Crippen molar-refractivity contribution in [3.05, 3.63) is 18.2 Å². The summed E-state index contributed by atoms with van der Waals surface area (Å²) in [6.07, 6.45) is 3.88. The van der Waals surface area contributed by atoms with E-state index >= 15 is 0 Å². The lowest BCUT2D eigenvalue weighted by Gasteiger charge is -2.28. The molecule has 112 valence electrons. The molecule has 0 bridgehead atoms. The van der Waals surface area contributed by atoms with Crippen LogP contribution in [0.4, 0.5) is 0 Å². The third-order valence-electron chi connectivity index (χ3n) is 1.58. The van der Waals surface area contributed by atoms with Gasteiger partial charge in [0.15, 0.2) is 0 Å². The van der Waals surface area contributed by atoms with Gasteiger partial charge in [-0.15, -0.1) is 0 Å². The van der Waals surface area contributed by atoms with Crippen molar-refractivity contribution in [2.75, 3.05) is 6.61 Å². The minimum Gasteiger partial charge on any atom is -0.790 e. The lowest BCUT2D eigenvalue weighted by atomic mass is 10.2. The number of aromatic nitrogens is 2. The second-order valence-electron chi connectivity index (χ2n) is 2.94. The predicted octanol–water partition coefficient (Wildman–Crippen LogP) is -6.47. The standard InChI is InChI=1S/C6H12N3O4P.4H2O/c7-5(3-13-14(10,11)12)1-6-2-8-4-9-6;;;;/h2,4-5H,1,3,7H2,(H,8,9)(H2,10,11,12);4*1H2/t5-;;;;/m0..../s1. The van der Waals surface area contributed by atoms with Crippen LogP contribution in [0.15, 0.2) is 12.5 Å². The molecule has 0 radical (unpaired) electrons. The number of hydrogen-bond acceptors (Lipinski definition) is 4. The van der Waals surface area contributed by atoms with Gasteiger partial charge in [0.1, 0.15) is 24.5 Å². The van der Waals surface area contributed by atoms with Gasteiger partial charge in [-0.2, -0.15) is 0 Å². The molecule has 11 nitrogen and oxygen atoms in total. The van der Waals surface area contributed by atoms with Gasteiger partial charge in [0.05, 0.1) is 14.2 Å². The summed E-state index contributed by atoms with van der Waals surface area (Å²) in [6.45, 7) is -0.191. The maximum Gasteiger partial charge on any atom is 0.239 e. The number of imidazole rings is 1. The molecule has 0 aromatic carbocycles. The number of phosphoric acid groups is 1. The third-order valence-corrected chi connectivity index (χ3v) is 2.04. The van der Waals surface area contributed by atoms with E-state index in [1.807, 2.05) is 0 Å². The number of H-pyrrole nitrogens is 2. The number of aromatic amines is 2. The van der Waals surface area contributed by atoms with Crippen molar-refractivity contribution >= 4 is 7.82 Å². The van der Waals surface area contributed by atoms with Crippen LogP contribution in [0.3, 0.4) is 0 Å². The molecule has 18 heavy (non-hydrogen) atoms. The molecule has 1 aromatic heterocycles. The van der Waals surface area contributed by atoms with Crippen LogP contribution in [-0.2, 0) is 15.5 Å². The maximum absolute atomic E-state index is 10.1. The average molecular weight is 293 g/mol. The molecule has 0 aliphatic heterocycles. The molecular formula is C6H20N3O8P. The summed E-state index contributed by atoms with van der Waals surface area (Å²) in [7, 11) is -4.87. The topological polar surface area (TPSA) is 256 Å². The minimum absolute atomic E-state index is 0. The molecule has 13 N–H and O–H groups in total. The number of nitrogens with one attached hydrogen (secondary N) is 2. The Hall–Kier alpha value is -0.880. The molecule has 0 saturated carbocycles. The van der Waals surface area contributed by atoms with Crippen LogP contribution in [0.2, 0.25) is 0 Å². The molecule has 1 aromatic rings. The van der Waals surface area contributed by atoms with Gasteiger partial charge >= 0.3 is 0 Å². The second kappa shape index (κ2) is 11.2. The fourth-order valence-electron chi connectivity index (χ4n) is 1.00. The van der Waals surface area contributed by atoms with Crippen LogP contribution in [0.5, 0.6) is 0 Å². The molecular weight excluding hydrogens is 273 g/mol. The van der Waals surface area contributed by atoms with E-state index in [4.69, 9.17) is 0 Å². The Morgan fingerprint density at radius 3 is 2.33 bits per heavy atom. The quantitative estimate of drug-likeness (QED) is 0.501. The van der Waals surface area contributed by atoms with Crippen molar-refractivity contribution in [2.24, 2.45) is 0 Å². The SMILES string of the molecule is O.O.O.O.[NH3+][C@H](COP(=O)([O-])[O-])Cc1c[nH+]c[nH]1. The van der Waals surface area contributed by atoms with Crippen LogP contribution in [0, 0.1) is 0 Å². The second-order valence-corrected chi connectivity index (χ2v) is 4.09. The summed E-state index contributed by atoms with van der Waals surface area (Å²) in [5, 5.41) is 0. The molecule has 0 aliphatic rings. The Balaban J connectivity index is -0.000000245. The Kier molecular flexibility index (Phi) is 16.1. The molecule has 0 amide bonds. The van der Waals surface area contributed by atoms with Crippen LogP contribution >= 0.6 is 7.82 Å². The zero-order chi connectivity index (χ0) is 10.6. The van der Waals surface area contributed by atoms with E-state index in [0.29, 0.717) is 6.42 Å². The molecule has 1 atom stereocenters. The fourth-order valence-corrected chi connectivity index (χ4v) is 1.40. The first-order chi connectivity index (χ1) is 6.47. The first-order valence-electron chi connectivity index (χ1n) is 4.00. The zero-order valence-electron chi connectivity index (χ0n) is 9.43. The fraction of sp³-hybridized carbons (Fsp3) is 0.500. The lowest BCUT2D eigenvalue weighted by molar-refractivity contribution is -0.429. The first kappa shape index (κ1) is 25.8. The van der Waals surface area contributed by atoms with Gasteiger partial charge in [0.25, 0.3) is 0 Å². The van der Waals surface area contributed by atoms with Gasteiger partial charge in [-0.3, -0.25) is 4.98 Å². The maximum atomic E-state index is 10.1. The highest BCUT2D eigenvalue weighted by Gasteiger charge is 2.11. The van der Waals surface area contributed by atoms with Crippen molar-refractivity contribution in [3.63, 3.8) is 0 Å². The Morgan fingerprint density at radius 2 is 1.94 bits per heavy atom. The summed E-state index contributed by atoms with van der Waals surface area (Å²) in [5.74, 6) is 0. The summed E-state index contributed by atoms with van der Waals surface area (Å²) in [4.78, 5) is 26.0. The molecule has 0 spiro atoms. The largest absolute Gasteiger partial charge is 0.790 e. The molecule has 1 heterocycles. The van der Waals surface area contributed by atoms with Crippen molar-refractivity contribution < 1.29 is 51.5 Å². The van der Waals surface area contributed by atoms with E-state index in [0.717, 1.165) is 5.69 Å². The van der Waals surface area contributed by atoms with Crippen molar-refractivity contribution in [3.8, 4) is 0 Å². The van der Waals surface area contributed by atoms with Crippen molar-refractivity contribution in [1.82, 2.24) is 4.98 Å². The molecule has 0 aliphatic carbocycles. The normalized spacial score (nSPS) is 11.1. The van der Waals surface area contributed by atoms with Crippen LogP contribution in [-0.4, -0.2) is 39.5 Å². The zero-order valence-corrected chi connectivity index (χ0v) is 10.3. The van der Waals surface area contributed by atoms with E-state index < -0.39 is 7.82 Å². The monoisotopic (exact) mass is 293 g/mol. The lowest BCUT2D eigenvalue weighted by Crippen LogP contribution is -2.64. The van der Waals surface area contributed by atoms with Gasteiger partial charge < -0.3 is 46.5 Å². The van der Waals surface area contributed by atoms with E-state index in [1.165, 1.54) is 0 Å². The number of rotatable bonds is 5. The van der Waals surface area contributed by atoms with E-state index in [1.54, 1.807) is 12.5 Å². The molecule has 1 rings (SSSR count). The van der Waals surface area contributed by atoms with Gasteiger partial charge in [0.2, 0.25) is 6.33 Å². The highest BCUT2D eigenvalue weighted by Crippen LogP contribution is 2.24. The van der Waals surface area contributed by atoms with E-state index in [9.17, 15) is 14.4 Å². The highest BCUT2D eigenvalue weighted by molar-refractivity contribution is 7.43. The number of hydrogen-bond donors (Lipinski definition) is 2. The van der Waals surface area contributed by atoms with Crippen LogP contribution in [0.1, 0.15) is 5.69 Å². The average Bonchev–Trinajstić information content (AvgIpc) is 2.52. The summed E-state index contributed by atoms with van der Waals surface area (Å²) in [6, 6.07) is -0.279. The van der Waals surface area contributed by atoms with Crippen molar-refractivity contribution in [2.45, 2.75) is 12.5 Å². The molecule has 0 fully saturated rings. The highest BCUT2D eigenvalue weighted by atomic mass is 31.2. The summed E-state index contributed by atoms with van der Waals surface area (Å²) in [5.41, 5.74) is 4.53. The van der Waals surface area contributed by atoms with Crippen LogP contribution in [0.25, 0.3) is 0 Å². The first-order valence-corrected chi connectivity index (χ1v) is 5.46.